The molecule has 0 aliphatic heterocycles. The Labute approximate surface area is 115 Å². The van der Waals surface area contributed by atoms with Gasteiger partial charge in [-0.25, -0.2) is 20.2 Å². The summed E-state index contributed by atoms with van der Waals surface area (Å²) in [5, 5.41) is 9.24. The minimum absolute atomic E-state index is 0.385. The molecule has 1 aliphatic rings. The van der Waals surface area contributed by atoms with E-state index in [4.69, 9.17) is 5.84 Å². The number of nitrogens with two attached hydrogens (primary N) is 1. The first-order chi connectivity index (χ1) is 9.69. The first kappa shape index (κ1) is 12.8. The Morgan fingerprint density at radius 2 is 2.00 bits per heavy atom. The van der Waals surface area contributed by atoms with Gasteiger partial charge in [0.25, 0.3) is 0 Å². The molecule has 1 heterocycles. The van der Waals surface area contributed by atoms with E-state index < -0.39 is 5.82 Å². The summed E-state index contributed by atoms with van der Waals surface area (Å²) in [6.07, 6.45) is 3.95. The molecule has 0 unspecified atom stereocenters. The topological polar surface area (TPSA) is 84.1 Å². The molecule has 0 bridgehead atoms. The molecule has 0 spiro atoms. The number of hydrazine groups is 1. The van der Waals surface area contributed by atoms with Gasteiger partial charge < -0.3 is 10.5 Å². The molecule has 4 N–H and O–H groups in total. The van der Waals surface area contributed by atoms with Crippen molar-refractivity contribution in [2.75, 3.05) is 5.43 Å². The Hall–Kier alpha value is -2.21. The van der Waals surface area contributed by atoms with Gasteiger partial charge in [-0.15, -0.1) is 0 Å². The summed E-state index contributed by atoms with van der Waals surface area (Å²) >= 11 is 0. The number of nitrogens with zero attached hydrogens (tertiary/aromatic N) is 2. The van der Waals surface area contributed by atoms with Crippen LogP contribution in [0, 0.1) is 5.82 Å². The number of aromatic hydroxyl groups is 1. The number of halogens is 1. The Morgan fingerprint density at radius 1 is 1.20 bits per heavy atom. The van der Waals surface area contributed by atoms with Crippen LogP contribution < -0.4 is 11.3 Å². The third kappa shape index (κ3) is 2.18. The molecule has 5 nitrogen and oxygen atoms in total. The molecule has 20 heavy (non-hydrogen) atoms. The highest BCUT2D eigenvalue weighted by atomic mass is 19.1. The van der Waals surface area contributed by atoms with Crippen molar-refractivity contribution >= 4 is 5.82 Å². The highest BCUT2D eigenvalue weighted by Crippen LogP contribution is 2.29. The summed E-state index contributed by atoms with van der Waals surface area (Å²) in [6, 6.07) is 4.10. The van der Waals surface area contributed by atoms with Crippen molar-refractivity contribution in [3.8, 4) is 17.1 Å². The number of nitrogen functional groups attached to an aromatic ring is 1. The van der Waals surface area contributed by atoms with Crippen LogP contribution in [0.2, 0.25) is 0 Å². The molecular formula is C14H15FN4O. The average Bonchev–Trinajstić information content (AvgIpc) is 2.49. The summed E-state index contributed by atoms with van der Waals surface area (Å²) in [5.74, 6) is 5.46. The number of aryl methyl sites for hydroxylation is 1. The van der Waals surface area contributed by atoms with Crippen LogP contribution in [-0.2, 0) is 12.8 Å². The number of benzene rings is 1. The number of nitrogens with one attached hydrogen (secondary N) is 1. The van der Waals surface area contributed by atoms with Crippen molar-refractivity contribution in [1.82, 2.24) is 9.97 Å². The molecule has 104 valence electrons. The van der Waals surface area contributed by atoms with Crippen molar-refractivity contribution in [3.05, 3.63) is 35.3 Å². The van der Waals surface area contributed by atoms with Gasteiger partial charge in [-0.05, 0) is 43.9 Å². The number of phenols is 1. The van der Waals surface area contributed by atoms with Crippen molar-refractivity contribution in [3.63, 3.8) is 0 Å². The van der Waals surface area contributed by atoms with Crippen molar-refractivity contribution < 1.29 is 9.50 Å². The van der Waals surface area contributed by atoms with Crippen LogP contribution in [0.25, 0.3) is 11.4 Å². The van der Waals surface area contributed by atoms with E-state index in [1.807, 2.05) is 0 Å². The Kier molecular flexibility index (Phi) is 3.23. The smallest absolute Gasteiger partial charge is 0.165 e. The van der Waals surface area contributed by atoms with Gasteiger partial charge in [-0.1, -0.05) is 0 Å². The second kappa shape index (κ2) is 5.05. The highest BCUT2D eigenvalue weighted by Gasteiger charge is 2.18. The highest BCUT2D eigenvalue weighted by molar-refractivity contribution is 5.61. The fourth-order valence-corrected chi connectivity index (χ4v) is 2.49. The van der Waals surface area contributed by atoms with Crippen LogP contribution in [0.1, 0.15) is 24.1 Å². The summed E-state index contributed by atoms with van der Waals surface area (Å²) in [5.41, 5.74) is 5.12. The molecule has 0 atom stereocenters. The van der Waals surface area contributed by atoms with E-state index >= 15 is 0 Å². The van der Waals surface area contributed by atoms with E-state index in [9.17, 15) is 9.50 Å². The maximum absolute atomic E-state index is 13.4. The molecular weight excluding hydrogens is 259 g/mol. The third-order valence-electron chi connectivity index (χ3n) is 3.53. The lowest BCUT2D eigenvalue weighted by molar-refractivity contribution is 0.432. The normalized spacial score (nSPS) is 13.9. The van der Waals surface area contributed by atoms with Crippen LogP contribution in [-0.4, -0.2) is 15.1 Å². The number of fused-ring (bicyclic) bond motifs is 1. The van der Waals surface area contributed by atoms with Crippen molar-refractivity contribution in [2.24, 2.45) is 5.84 Å². The van der Waals surface area contributed by atoms with Gasteiger partial charge in [0.2, 0.25) is 0 Å². The van der Waals surface area contributed by atoms with Gasteiger partial charge in [0.15, 0.2) is 17.4 Å². The summed E-state index contributed by atoms with van der Waals surface area (Å²) < 4.78 is 13.4. The minimum atomic E-state index is -0.689. The van der Waals surface area contributed by atoms with E-state index in [-0.39, 0.29) is 5.75 Å². The number of rotatable bonds is 2. The molecule has 6 heteroatoms. The first-order valence-electron chi connectivity index (χ1n) is 6.54. The minimum Gasteiger partial charge on any atom is -0.505 e. The fourth-order valence-electron chi connectivity index (χ4n) is 2.49. The lowest BCUT2D eigenvalue weighted by atomic mass is 9.96. The number of phenolic OH excluding ortho intramolecular Hbond substituents is 1. The summed E-state index contributed by atoms with van der Waals surface area (Å²) in [7, 11) is 0. The molecule has 0 saturated heterocycles. The Morgan fingerprint density at radius 3 is 2.75 bits per heavy atom. The van der Waals surface area contributed by atoms with Gasteiger partial charge in [0.1, 0.15) is 5.82 Å². The number of hydrogen-bond donors (Lipinski definition) is 3. The molecule has 3 rings (SSSR count). The lowest BCUT2D eigenvalue weighted by Crippen LogP contribution is -2.17. The SMILES string of the molecule is NNc1nc(-c2ccc(O)c(F)c2)nc2c1CCCC2. The second-order valence-electron chi connectivity index (χ2n) is 4.84. The third-order valence-corrected chi connectivity index (χ3v) is 3.53. The van der Waals surface area contributed by atoms with Gasteiger partial charge in [0.05, 0.1) is 0 Å². The van der Waals surface area contributed by atoms with E-state index in [1.165, 1.54) is 12.1 Å². The fraction of sp³-hybridized carbons (Fsp3) is 0.286. The van der Waals surface area contributed by atoms with E-state index in [1.54, 1.807) is 6.07 Å². The zero-order valence-corrected chi connectivity index (χ0v) is 10.9. The maximum Gasteiger partial charge on any atom is 0.165 e. The molecule has 1 aliphatic carbocycles. The van der Waals surface area contributed by atoms with Crippen molar-refractivity contribution in [2.45, 2.75) is 25.7 Å². The molecule has 0 saturated carbocycles. The largest absolute Gasteiger partial charge is 0.505 e. The van der Waals surface area contributed by atoms with Gasteiger partial charge in [-0.3, -0.25) is 0 Å². The second-order valence-corrected chi connectivity index (χ2v) is 4.84. The summed E-state index contributed by atoms with van der Waals surface area (Å²) in [4.78, 5) is 8.86. The average molecular weight is 274 g/mol. The number of aromatic nitrogens is 2. The van der Waals surface area contributed by atoms with Crippen molar-refractivity contribution in [1.29, 1.82) is 0 Å². The molecule has 0 radical (unpaired) electrons. The van der Waals surface area contributed by atoms with Crippen LogP contribution in [0.5, 0.6) is 5.75 Å². The van der Waals surface area contributed by atoms with Gasteiger partial charge in [-0.2, -0.15) is 0 Å². The zero-order chi connectivity index (χ0) is 14.1. The van der Waals surface area contributed by atoms with Gasteiger partial charge >= 0.3 is 0 Å². The zero-order valence-electron chi connectivity index (χ0n) is 10.9. The molecule has 0 fully saturated rings. The van der Waals surface area contributed by atoms with E-state index in [0.29, 0.717) is 17.2 Å². The number of anilines is 1. The quantitative estimate of drug-likeness (QED) is 0.577. The molecule has 1 aromatic heterocycles. The predicted octanol–water partition coefficient (Wildman–Crippen LogP) is 2.15. The molecule has 2 aromatic rings. The Balaban J connectivity index is 2.11. The molecule has 1 aromatic carbocycles. The van der Waals surface area contributed by atoms with Crippen LogP contribution in [0.4, 0.5) is 10.2 Å². The Bertz CT molecular complexity index is 643. The lowest BCUT2D eigenvalue weighted by Gasteiger charge is -2.18. The predicted molar refractivity (Wildman–Crippen MR) is 73.5 cm³/mol. The summed E-state index contributed by atoms with van der Waals surface area (Å²) in [6.45, 7) is 0. The maximum atomic E-state index is 13.4. The van der Waals surface area contributed by atoms with Gasteiger partial charge in [0, 0.05) is 16.8 Å². The van der Waals surface area contributed by atoms with E-state index in [0.717, 1.165) is 36.9 Å². The van der Waals surface area contributed by atoms with Crippen LogP contribution in [0.15, 0.2) is 18.2 Å². The molecule has 0 amide bonds. The number of hydrogen-bond acceptors (Lipinski definition) is 5. The van der Waals surface area contributed by atoms with Crippen LogP contribution in [0.3, 0.4) is 0 Å². The standard InChI is InChI=1S/C14H15FN4O/c15-10-7-8(5-6-12(10)20)13-17-11-4-2-1-3-9(11)14(18-13)19-16/h5-7,20H,1-4,16H2,(H,17,18,19). The van der Waals surface area contributed by atoms with E-state index in [2.05, 4.69) is 15.4 Å². The van der Waals surface area contributed by atoms with Crippen LogP contribution >= 0.6 is 0 Å². The monoisotopic (exact) mass is 274 g/mol. The first-order valence-corrected chi connectivity index (χ1v) is 6.54.